The fourth-order valence-electron chi connectivity index (χ4n) is 10.4. The Balaban J connectivity index is 1.19. The summed E-state index contributed by atoms with van der Waals surface area (Å²) in [6.45, 7) is 9.89. The molecule has 11 atom stereocenters. The fourth-order valence-corrected chi connectivity index (χ4v) is 10.4. The molecule has 5 fully saturated rings. The maximum Gasteiger partial charge on any atom is 0.153 e. The third-order valence-electron chi connectivity index (χ3n) is 12.5. The predicted octanol–water partition coefficient (Wildman–Crippen LogP) is 5.88. The molecule has 2 unspecified atom stereocenters. The molecule has 0 saturated heterocycles. The van der Waals surface area contributed by atoms with E-state index in [0.29, 0.717) is 52.3 Å². The molecule has 5 heteroatoms. The zero-order chi connectivity index (χ0) is 24.5. The number of nitrogens with zero attached hydrogens (tertiary/aromatic N) is 2. The average molecular weight is 484 g/mol. The molecule has 5 nitrogen and oxygen atoms in total. The van der Waals surface area contributed by atoms with Gasteiger partial charge in [0.15, 0.2) is 5.82 Å². The van der Waals surface area contributed by atoms with E-state index in [9.17, 15) is 10.2 Å². The molecule has 0 amide bonds. The minimum absolute atomic E-state index is 0.166. The standard InChI is InChI=1S/C30H49N3O2/c1-5-20-24-16-19(34)12-14-30(24,4)23-13-15-29(3)21(9-10-22(29)26(23)27(20)35)17(2)6-11-25-31-28(33-32-25)18-7-8-18/h17-24,26-27,34-35H,5-16H2,1-4H3,(H,31,32,33)/t17-,19-,20-,21-,22+,23+,24+,26?,27-,29-,30?/m1/s1. The molecule has 3 N–H and O–H groups in total. The molecule has 5 aliphatic rings. The largest absolute Gasteiger partial charge is 0.393 e. The molecule has 5 aliphatic carbocycles. The molecule has 196 valence electrons. The van der Waals surface area contributed by atoms with Gasteiger partial charge in [0.05, 0.1) is 12.2 Å². The summed E-state index contributed by atoms with van der Waals surface area (Å²) in [6, 6.07) is 0. The van der Waals surface area contributed by atoms with Gasteiger partial charge in [-0.3, -0.25) is 5.10 Å². The lowest BCUT2D eigenvalue weighted by Crippen LogP contribution is -2.62. The van der Waals surface area contributed by atoms with E-state index in [1.54, 1.807) is 0 Å². The molecule has 0 bridgehead atoms. The van der Waals surface area contributed by atoms with Crippen molar-refractivity contribution in [2.24, 2.45) is 52.3 Å². The highest BCUT2D eigenvalue weighted by atomic mass is 16.3. The first-order chi connectivity index (χ1) is 16.8. The van der Waals surface area contributed by atoms with E-state index in [0.717, 1.165) is 49.7 Å². The van der Waals surface area contributed by atoms with E-state index < -0.39 is 0 Å². The van der Waals surface area contributed by atoms with Crippen LogP contribution in [0.5, 0.6) is 0 Å². The van der Waals surface area contributed by atoms with Crippen LogP contribution < -0.4 is 0 Å². The van der Waals surface area contributed by atoms with Crippen molar-refractivity contribution in [1.82, 2.24) is 15.2 Å². The lowest BCUT2D eigenvalue weighted by atomic mass is 9.41. The fraction of sp³-hybridized carbons (Fsp3) is 0.933. The Hall–Kier alpha value is -0.940. The topological polar surface area (TPSA) is 82.0 Å². The summed E-state index contributed by atoms with van der Waals surface area (Å²) in [5, 5.41) is 30.1. The van der Waals surface area contributed by atoms with E-state index in [-0.39, 0.29) is 12.2 Å². The molecular formula is C30H49N3O2. The summed E-state index contributed by atoms with van der Waals surface area (Å²) in [5.41, 5.74) is 0.637. The Bertz CT molecular complexity index is 913. The average Bonchev–Trinajstić information content (AvgIpc) is 3.47. The number of aliphatic hydroxyl groups is 2. The van der Waals surface area contributed by atoms with Crippen LogP contribution in [-0.2, 0) is 6.42 Å². The molecule has 5 saturated carbocycles. The first-order valence-electron chi connectivity index (χ1n) is 15.0. The molecule has 1 aromatic rings. The SMILES string of the molecule is CC[C@H]1[C@@H](O)C2[C@H](CC[C@]3(C)[C@@H]([C@H](C)CCc4nc(C5CC5)n[nH]4)CC[C@@H]23)C2(C)CC[C@@H](O)C[C@@H]12. The smallest absolute Gasteiger partial charge is 0.153 e. The van der Waals surface area contributed by atoms with Gasteiger partial charge in [-0.1, -0.05) is 34.1 Å². The van der Waals surface area contributed by atoms with Crippen molar-refractivity contribution < 1.29 is 10.2 Å². The predicted molar refractivity (Wildman–Crippen MR) is 138 cm³/mol. The van der Waals surface area contributed by atoms with Gasteiger partial charge in [-0.15, -0.1) is 0 Å². The van der Waals surface area contributed by atoms with Gasteiger partial charge < -0.3 is 10.2 Å². The first kappa shape index (κ1) is 24.4. The van der Waals surface area contributed by atoms with Gasteiger partial charge in [-0.25, -0.2) is 4.98 Å². The molecule has 1 aromatic heterocycles. The molecule has 1 heterocycles. The van der Waals surface area contributed by atoms with Gasteiger partial charge >= 0.3 is 0 Å². The zero-order valence-electron chi connectivity index (χ0n) is 22.5. The van der Waals surface area contributed by atoms with Crippen LogP contribution in [0.1, 0.15) is 116 Å². The molecule has 0 radical (unpaired) electrons. The number of hydrogen-bond donors (Lipinski definition) is 3. The van der Waals surface area contributed by atoms with Crippen LogP contribution in [0.3, 0.4) is 0 Å². The molecule has 0 aliphatic heterocycles. The number of aromatic amines is 1. The van der Waals surface area contributed by atoms with Gasteiger partial charge in [0.25, 0.3) is 0 Å². The van der Waals surface area contributed by atoms with Gasteiger partial charge in [-0.05, 0) is 116 Å². The normalized spacial score (nSPS) is 48.2. The monoisotopic (exact) mass is 483 g/mol. The van der Waals surface area contributed by atoms with Gasteiger partial charge in [0, 0.05) is 12.3 Å². The van der Waals surface area contributed by atoms with Crippen molar-refractivity contribution in [1.29, 1.82) is 0 Å². The molecule has 0 aromatic carbocycles. The highest BCUT2D eigenvalue weighted by molar-refractivity contribution is 5.13. The van der Waals surface area contributed by atoms with Crippen LogP contribution in [0.25, 0.3) is 0 Å². The van der Waals surface area contributed by atoms with Crippen molar-refractivity contribution in [2.45, 2.75) is 123 Å². The van der Waals surface area contributed by atoms with E-state index in [1.807, 2.05) is 0 Å². The second-order valence-corrected chi connectivity index (χ2v) is 14.1. The second-order valence-electron chi connectivity index (χ2n) is 14.1. The number of rotatable bonds is 6. The summed E-state index contributed by atoms with van der Waals surface area (Å²) in [5.74, 6) is 6.70. The molecular weight excluding hydrogens is 434 g/mol. The Morgan fingerprint density at radius 3 is 2.46 bits per heavy atom. The summed E-state index contributed by atoms with van der Waals surface area (Å²) >= 11 is 0. The lowest BCUT2D eigenvalue weighted by Gasteiger charge is -2.64. The molecule has 35 heavy (non-hydrogen) atoms. The quantitative estimate of drug-likeness (QED) is 0.472. The highest BCUT2D eigenvalue weighted by Gasteiger charge is 2.64. The van der Waals surface area contributed by atoms with Crippen molar-refractivity contribution in [3.8, 4) is 0 Å². The first-order valence-corrected chi connectivity index (χ1v) is 15.0. The molecule has 0 spiro atoms. The van der Waals surface area contributed by atoms with Crippen molar-refractivity contribution in [3.05, 3.63) is 11.6 Å². The zero-order valence-corrected chi connectivity index (χ0v) is 22.5. The van der Waals surface area contributed by atoms with Crippen LogP contribution in [0.15, 0.2) is 0 Å². The van der Waals surface area contributed by atoms with Crippen LogP contribution in [0, 0.1) is 52.3 Å². The number of aliphatic hydroxyl groups excluding tert-OH is 2. The number of hydrogen-bond acceptors (Lipinski definition) is 4. The van der Waals surface area contributed by atoms with Crippen molar-refractivity contribution in [2.75, 3.05) is 0 Å². The second kappa shape index (κ2) is 8.82. The van der Waals surface area contributed by atoms with Gasteiger partial charge in [0.2, 0.25) is 0 Å². The summed E-state index contributed by atoms with van der Waals surface area (Å²) < 4.78 is 0. The Morgan fingerprint density at radius 2 is 1.71 bits per heavy atom. The third kappa shape index (κ3) is 3.85. The maximum absolute atomic E-state index is 11.9. The van der Waals surface area contributed by atoms with Gasteiger partial charge in [-0.2, -0.15) is 5.10 Å². The maximum atomic E-state index is 11.9. The lowest BCUT2D eigenvalue weighted by molar-refractivity contribution is -0.203. The van der Waals surface area contributed by atoms with Crippen LogP contribution in [-0.4, -0.2) is 37.6 Å². The third-order valence-corrected chi connectivity index (χ3v) is 12.5. The van der Waals surface area contributed by atoms with Crippen LogP contribution >= 0.6 is 0 Å². The highest BCUT2D eigenvalue weighted by Crippen LogP contribution is 2.69. The molecule has 6 rings (SSSR count). The minimum Gasteiger partial charge on any atom is -0.393 e. The Morgan fingerprint density at radius 1 is 0.971 bits per heavy atom. The number of fused-ring (bicyclic) bond motifs is 5. The summed E-state index contributed by atoms with van der Waals surface area (Å²) in [4.78, 5) is 4.78. The van der Waals surface area contributed by atoms with E-state index >= 15 is 0 Å². The van der Waals surface area contributed by atoms with Crippen molar-refractivity contribution >= 4 is 0 Å². The summed E-state index contributed by atoms with van der Waals surface area (Å²) in [7, 11) is 0. The number of aryl methyl sites for hydroxylation is 1. The Labute approximate surface area is 212 Å². The van der Waals surface area contributed by atoms with Crippen LogP contribution in [0.2, 0.25) is 0 Å². The van der Waals surface area contributed by atoms with E-state index in [1.165, 1.54) is 44.9 Å². The van der Waals surface area contributed by atoms with Crippen LogP contribution in [0.4, 0.5) is 0 Å². The van der Waals surface area contributed by atoms with E-state index in [4.69, 9.17) is 4.98 Å². The number of aromatic nitrogens is 3. The van der Waals surface area contributed by atoms with E-state index in [2.05, 4.69) is 37.9 Å². The number of nitrogens with one attached hydrogen (secondary N) is 1. The van der Waals surface area contributed by atoms with Crippen molar-refractivity contribution in [3.63, 3.8) is 0 Å². The van der Waals surface area contributed by atoms with Gasteiger partial charge in [0.1, 0.15) is 5.82 Å². The minimum atomic E-state index is -0.193. The number of H-pyrrole nitrogens is 1. The summed E-state index contributed by atoms with van der Waals surface area (Å²) in [6.07, 6.45) is 13.6. The Kier molecular flexibility index (Phi) is 6.15.